The third kappa shape index (κ3) is 4.91. The predicted molar refractivity (Wildman–Crippen MR) is 86.7 cm³/mol. The Labute approximate surface area is 130 Å². The van der Waals surface area contributed by atoms with Crippen molar-refractivity contribution in [2.24, 2.45) is 5.41 Å². The number of hydrogen-bond acceptors (Lipinski definition) is 4. The first-order valence-corrected chi connectivity index (χ1v) is 7.18. The molecule has 2 N–H and O–H groups in total. The van der Waals surface area contributed by atoms with E-state index in [-0.39, 0.29) is 17.6 Å². The lowest BCUT2D eigenvalue weighted by Crippen LogP contribution is -2.36. The van der Waals surface area contributed by atoms with Gasteiger partial charge < -0.3 is 10.4 Å². The number of nitro groups is 1. The summed E-state index contributed by atoms with van der Waals surface area (Å²) >= 11 is 0. The number of hydrogen-bond donors (Lipinski definition) is 2. The quantitative estimate of drug-likeness (QED) is 0.612. The number of rotatable bonds is 6. The second-order valence-corrected chi connectivity index (χ2v) is 6.31. The van der Waals surface area contributed by atoms with E-state index in [9.17, 15) is 20.0 Å². The third-order valence-corrected chi connectivity index (χ3v) is 2.92. The van der Waals surface area contributed by atoms with Crippen LogP contribution in [-0.2, 0) is 0 Å². The van der Waals surface area contributed by atoms with Crippen LogP contribution in [0.3, 0.4) is 0 Å². The Morgan fingerprint density at radius 2 is 2.05 bits per heavy atom. The van der Waals surface area contributed by atoms with Gasteiger partial charge in [-0.3, -0.25) is 15.0 Å². The molecule has 0 aliphatic carbocycles. The zero-order chi connectivity index (χ0) is 16.9. The topological polar surface area (TPSA) is 95.7 Å². The van der Waals surface area contributed by atoms with Gasteiger partial charge in [-0.15, -0.1) is 0 Å². The molecule has 0 saturated heterocycles. The van der Waals surface area contributed by atoms with Crippen molar-refractivity contribution in [2.75, 3.05) is 23.3 Å². The van der Waals surface area contributed by atoms with E-state index in [0.717, 1.165) is 11.3 Å². The number of benzene rings is 1. The molecular weight excluding hydrogens is 286 g/mol. The molecule has 0 bridgehead atoms. The van der Waals surface area contributed by atoms with Crippen molar-refractivity contribution in [1.82, 2.24) is 0 Å². The summed E-state index contributed by atoms with van der Waals surface area (Å²) in [5.74, 6) is 0. The molecule has 0 saturated carbocycles. The van der Waals surface area contributed by atoms with E-state index in [1.54, 1.807) is 12.1 Å². The number of nitrogens with zero attached hydrogens (tertiary/aromatic N) is 2. The normalized spacial score (nSPS) is 11.1. The van der Waals surface area contributed by atoms with Crippen molar-refractivity contribution in [3.8, 4) is 0 Å². The Morgan fingerprint density at radius 1 is 1.41 bits per heavy atom. The number of amides is 1. The van der Waals surface area contributed by atoms with E-state index in [1.807, 2.05) is 27.7 Å². The number of carbonyl (C=O) groups is 1. The van der Waals surface area contributed by atoms with E-state index < -0.39 is 11.0 Å². The number of carboxylic acid groups (broad SMARTS) is 1. The van der Waals surface area contributed by atoms with Crippen LogP contribution in [0, 0.1) is 15.5 Å². The van der Waals surface area contributed by atoms with Gasteiger partial charge in [0.05, 0.1) is 10.6 Å². The maximum atomic E-state index is 11.5. The monoisotopic (exact) mass is 309 g/mol. The summed E-state index contributed by atoms with van der Waals surface area (Å²) < 4.78 is 0. The van der Waals surface area contributed by atoms with Crippen LogP contribution < -0.4 is 10.2 Å². The van der Waals surface area contributed by atoms with Gasteiger partial charge in [0.25, 0.3) is 5.69 Å². The smallest absolute Gasteiger partial charge is 0.411 e. The second kappa shape index (κ2) is 7.11. The number of nitro benzene ring substituents is 1. The molecule has 122 valence electrons. The fourth-order valence-electron chi connectivity index (χ4n) is 1.99. The highest BCUT2D eigenvalue weighted by Crippen LogP contribution is 2.31. The van der Waals surface area contributed by atoms with Gasteiger partial charge in [0.2, 0.25) is 0 Å². The maximum absolute atomic E-state index is 11.5. The number of anilines is 2. The minimum Gasteiger partial charge on any atom is -0.465 e. The molecule has 1 aromatic rings. The van der Waals surface area contributed by atoms with Crippen molar-refractivity contribution in [3.63, 3.8) is 0 Å². The van der Waals surface area contributed by atoms with Crippen molar-refractivity contribution in [1.29, 1.82) is 0 Å². The average molecular weight is 309 g/mol. The SMILES string of the molecule is CCCNc1ccc(N(CC(C)(C)C)C(=O)O)cc1[N+](=O)[O-]. The highest BCUT2D eigenvalue weighted by molar-refractivity contribution is 5.87. The van der Waals surface area contributed by atoms with Crippen LogP contribution in [0.15, 0.2) is 18.2 Å². The van der Waals surface area contributed by atoms with Crippen LogP contribution in [-0.4, -0.2) is 29.2 Å². The van der Waals surface area contributed by atoms with Gasteiger partial charge in [-0.2, -0.15) is 0 Å². The van der Waals surface area contributed by atoms with E-state index in [0.29, 0.717) is 17.9 Å². The standard InChI is InChI=1S/C15H23N3O4/c1-5-8-16-12-7-6-11(9-13(12)18(21)22)17(14(19)20)10-15(2,3)4/h6-7,9,16H,5,8,10H2,1-4H3,(H,19,20). The summed E-state index contributed by atoms with van der Waals surface area (Å²) in [5.41, 5.74) is 0.325. The Kier molecular flexibility index (Phi) is 5.73. The van der Waals surface area contributed by atoms with Gasteiger partial charge in [0.1, 0.15) is 5.69 Å². The van der Waals surface area contributed by atoms with Crippen LogP contribution in [0.4, 0.5) is 21.9 Å². The Bertz CT molecular complexity index is 552. The molecule has 0 aromatic heterocycles. The lowest BCUT2D eigenvalue weighted by atomic mass is 9.96. The Hall–Kier alpha value is -2.31. The van der Waals surface area contributed by atoms with Gasteiger partial charge >= 0.3 is 6.09 Å². The highest BCUT2D eigenvalue weighted by atomic mass is 16.6. The first-order valence-electron chi connectivity index (χ1n) is 7.18. The molecule has 22 heavy (non-hydrogen) atoms. The molecule has 0 radical (unpaired) electrons. The lowest BCUT2D eigenvalue weighted by molar-refractivity contribution is -0.383. The van der Waals surface area contributed by atoms with Crippen molar-refractivity contribution < 1.29 is 14.8 Å². The van der Waals surface area contributed by atoms with Crippen LogP contribution in [0.2, 0.25) is 0 Å². The lowest BCUT2D eigenvalue weighted by Gasteiger charge is -2.27. The molecule has 0 spiro atoms. The van der Waals surface area contributed by atoms with Crippen LogP contribution in [0.1, 0.15) is 34.1 Å². The molecule has 0 atom stereocenters. The molecule has 1 rings (SSSR count). The van der Waals surface area contributed by atoms with Gasteiger partial charge in [0.15, 0.2) is 0 Å². The summed E-state index contributed by atoms with van der Waals surface area (Å²) in [6, 6.07) is 4.45. The molecular formula is C15H23N3O4. The zero-order valence-corrected chi connectivity index (χ0v) is 13.4. The van der Waals surface area contributed by atoms with E-state index in [1.165, 1.54) is 6.07 Å². The van der Waals surface area contributed by atoms with E-state index >= 15 is 0 Å². The van der Waals surface area contributed by atoms with Gasteiger partial charge in [-0.25, -0.2) is 4.79 Å². The van der Waals surface area contributed by atoms with Crippen molar-refractivity contribution in [2.45, 2.75) is 34.1 Å². The summed E-state index contributed by atoms with van der Waals surface area (Å²) in [6.45, 7) is 8.56. The largest absolute Gasteiger partial charge is 0.465 e. The number of nitrogens with one attached hydrogen (secondary N) is 1. The molecule has 0 aliphatic heterocycles. The Morgan fingerprint density at radius 3 is 2.50 bits per heavy atom. The molecule has 0 aliphatic rings. The minimum atomic E-state index is -1.13. The summed E-state index contributed by atoms with van der Waals surface area (Å²) in [5, 5.41) is 23.6. The molecule has 7 nitrogen and oxygen atoms in total. The minimum absolute atomic E-state index is 0.119. The fourth-order valence-corrected chi connectivity index (χ4v) is 1.99. The average Bonchev–Trinajstić information content (AvgIpc) is 2.41. The van der Waals surface area contributed by atoms with E-state index in [2.05, 4.69) is 5.32 Å². The molecule has 1 aromatic carbocycles. The first-order chi connectivity index (χ1) is 10.2. The van der Waals surface area contributed by atoms with Crippen molar-refractivity contribution in [3.05, 3.63) is 28.3 Å². The summed E-state index contributed by atoms with van der Waals surface area (Å²) in [7, 11) is 0. The van der Waals surface area contributed by atoms with Gasteiger partial charge in [-0.05, 0) is 24.0 Å². The Balaban J connectivity index is 3.20. The first kappa shape index (κ1) is 17.7. The fraction of sp³-hybridized carbons (Fsp3) is 0.533. The van der Waals surface area contributed by atoms with Crippen LogP contribution in [0.5, 0.6) is 0 Å². The summed E-state index contributed by atoms with van der Waals surface area (Å²) in [6.07, 6.45) is -0.289. The second-order valence-electron chi connectivity index (χ2n) is 6.31. The van der Waals surface area contributed by atoms with E-state index in [4.69, 9.17) is 0 Å². The summed E-state index contributed by atoms with van der Waals surface area (Å²) in [4.78, 5) is 23.3. The molecule has 1 amide bonds. The molecule has 0 fully saturated rings. The molecule has 0 heterocycles. The molecule has 0 unspecified atom stereocenters. The zero-order valence-electron chi connectivity index (χ0n) is 13.4. The van der Waals surface area contributed by atoms with Crippen LogP contribution in [0.25, 0.3) is 0 Å². The highest BCUT2D eigenvalue weighted by Gasteiger charge is 2.24. The van der Waals surface area contributed by atoms with Crippen LogP contribution >= 0.6 is 0 Å². The molecule has 7 heteroatoms. The maximum Gasteiger partial charge on any atom is 0.411 e. The van der Waals surface area contributed by atoms with Gasteiger partial charge in [-0.1, -0.05) is 27.7 Å². The predicted octanol–water partition coefficient (Wildman–Crippen LogP) is 3.95. The van der Waals surface area contributed by atoms with Gasteiger partial charge in [0, 0.05) is 19.2 Å². The third-order valence-electron chi connectivity index (χ3n) is 2.92. The van der Waals surface area contributed by atoms with Crippen molar-refractivity contribution >= 4 is 23.2 Å².